The summed E-state index contributed by atoms with van der Waals surface area (Å²) in [4.78, 5) is 42.2. The topological polar surface area (TPSA) is 87.0 Å². The van der Waals surface area contributed by atoms with Crippen LogP contribution >= 0.6 is 0 Å². The Kier molecular flexibility index (Phi) is 5.08. The molecule has 3 aliphatic rings. The molecule has 0 unspecified atom stereocenters. The van der Waals surface area contributed by atoms with E-state index in [-0.39, 0.29) is 42.1 Å². The van der Waals surface area contributed by atoms with Crippen molar-refractivity contribution in [2.75, 3.05) is 39.8 Å². The third-order valence-corrected chi connectivity index (χ3v) is 5.83. The van der Waals surface area contributed by atoms with Crippen LogP contribution in [0.4, 0.5) is 0 Å². The number of hydrogen-bond acceptors (Lipinski definition) is 4. The fraction of sp³-hybridized carbons (Fsp3) is 0.824. The van der Waals surface area contributed by atoms with Crippen molar-refractivity contribution in [3.05, 3.63) is 0 Å². The van der Waals surface area contributed by atoms with E-state index < -0.39 is 0 Å². The lowest BCUT2D eigenvalue weighted by atomic mass is 9.93. The third kappa shape index (κ3) is 3.55. The number of carbonyl (C=O) groups is 3. The highest BCUT2D eigenvalue weighted by Gasteiger charge is 2.39. The maximum Gasteiger partial charge on any atom is 0.231 e. The molecule has 3 fully saturated rings. The molecule has 7 heteroatoms. The van der Waals surface area contributed by atoms with Crippen molar-refractivity contribution in [3.8, 4) is 0 Å². The van der Waals surface area contributed by atoms with Gasteiger partial charge in [0.2, 0.25) is 17.7 Å². The normalized spacial score (nSPS) is 29.5. The number of likely N-dealkylation sites (tertiary alicyclic amines) is 2. The molecule has 0 spiro atoms. The van der Waals surface area contributed by atoms with Crippen LogP contribution in [0, 0.1) is 11.8 Å². The minimum absolute atomic E-state index is 0.00774. The maximum absolute atomic E-state index is 13.0. The van der Waals surface area contributed by atoms with Gasteiger partial charge in [0.1, 0.15) is 0 Å². The van der Waals surface area contributed by atoms with Gasteiger partial charge >= 0.3 is 0 Å². The molecule has 0 aromatic heterocycles. The number of rotatable bonds is 3. The summed E-state index contributed by atoms with van der Waals surface area (Å²) in [6, 6.07) is 0.156. The zero-order valence-electron chi connectivity index (χ0n) is 14.4. The first-order chi connectivity index (χ1) is 11.5. The fourth-order valence-corrected chi connectivity index (χ4v) is 4.36. The second-order valence-electron chi connectivity index (χ2n) is 7.49. The van der Waals surface area contributed by atoms with Crippen LogP contribution < -0.4 is 5.73 Å². The molecule has 0 saturated carbocycles. The molecular weight excluding hydrogens is 308 g/mol. The molecule has 0 aromatic rings. The zero-order valence-corrected chi connectivity index (χ0v) is 14.4. The van der Waals surface area contributed by atoms with Crippen LogP contribution in [0.3, 0.4) is 0 Å². The second kappa shape index (κ2) is 7.09. The minimum atomic E-state index is -0.318. The predicted octanol–water partition coefficient (Wildman–Crippen LogP) is -0.347. The van der Waals surface area contributed by atoms with Crippen molar-refractivity contribution in [1.29, 1.82) is 0 Å². The Morgan fingerprint density at radius 1 is 1.12 bits per heavy atom. The van der Waals surface area contributed by atoms with Crippen LogP contribution in [0.5, 0.6) is 0 Å². The Hall–Kier alpha value is -1.63. The number of likely N-dealkylation sites (N-methyl/N-ethyl adjacent to an activating group) is 1. The van der Waals surface area contributed by atoms with E-state index in [1.165, 1.54) is 0 Å². The molecule has 3 amide bonds. The van der Waals surface area contributed by atoms with Crippen molar-refractivity contribution in [1.82, 2.24) is 14.7 Å². The van der Waals surface area contributed by atoms with E-state index in [1.54, 1.807) is 0 Å². The summed E-state index contributed by atoms with van der Waals surface area (Å²) in [5.41, 5.74) is 5.24. The monoisotopic (exact) mass is 336 g/mol. The number of amides is 3. The van der Waals surface area contributed by atoms with Gasteiger partial charge in [-0.1, -0.05) is 6.42 Å². The first-order valence-electron chi connectivity index (χ1n) is 9.02. The van der Waals surface area contributed by atoms with Gasteiger partial charge in [0.25, 0.3) is 0 Å². The van der Waals surface area contributed by atoms with Gasteiger partial charge in [0.05, 0.1) is 12.5 Å². The van der Waals surface area contributed by atoms with Gasteiger partial charge in [-0.05, 0) is 38.8 Å². The van der Waals surface area contributed by atoms with Crippen LogP contribution in [-0.4, -0.2) is 78.2 Å². The average Bonchev–Trinajstić information content (AvgIpc) is 2.72. The van der Waals surface area contributed by atoms with E-state index in [0.29, 0.717) is 13.1 Å². The molecule has 0 radical (unpaired) electrons. The lowest BCUT2D eigenvalue weighted by molar-refractivity contribution is -0.138. The summed E-state index contributed by atoms with van der Waals surface area (Å²) >= 11 is 0. The molecule has 3 aliphatic heterocycles. The van der Waals surface area contributed by atoms with Crippen molar-refractivity contribution in [2.24, 2.45) is 17.6 Å². The molecule has 3 rings (SSSR count). The Balaban J connectivity index is 1.61. The smallest absolute Gasteiger partial charge is 0.231 e. The molecule has 2 bridgehead atoms. The van der Waals surface area contributed by atoms with E-state index in [1.807, 2.05) is 21.7 Å². The average molecular weight is 336 g/mol. The number of hydrogen-bond donors (Lipinski definition) is 1. The molecule has 3 heterocycles. The van der Waals surface area contributed by atoms with Gasteiger partial charge in [-0.3, -0.25) is 19.3 Å². The molecule has 24 heavy (non-hydrogen) atoms. The molecule has 3 saturated heterocycles. The van der Waals surface area contributed by atoms with Crippen molar-refractivity contribution < 1.29 is 14.4 Å². The largest absolute Gasteiger partial charge is 0.369 e. The third-order valence-electron chi connectivity index (χ3n) is 5.83. The van der Waals surface area contributed by atoms with E-state index in [9.17, 15) is 14.4 Å². The van der Waals surface area contributed by atoms with Crippen LogP contribution in [0.1, 0.15) is 32.1 Å². The van der Waals surface area contributed by atoms with Gasteiger partial charge in [0.15, 0.2) is 0 Å². The van der Waals surface area contributed by atoms with Gasteiger partial charge in [-0.2, -0.15) is 0 Å². The van der Waals surface area contributed by atoms with Gasteiger partial charge in [-0.25, -0.2) is 0 Å². The molecule has 7 nitrogen and oxygen atoms in total. The Bertz CT molecular complexity index is 516. The number of fused-ring (bicyclic) bond motifs is 3. The van der Waals surface area contributed by atoms with Crippen molar-refractivity contribution in [2.45, 2.75) is 38.1 Å². The van der Waals surface area contributed by atoms with Crippen LogP contribution in [-0.2, 0) is 14.4 Å². The quantitative estimate of drug-likeness (QED) is 0.763. The fourth-order valence-electron chi connectivity index (χ4n) is 4.36. The maximum atomic E-state index is 13.0. The summed E-state index contributed by atoms with van der Waals surface area (Å²) < 4.78 is 0. The van der Waals surface area contributed by atoms with Crippen molar-refractivity contribution >= 4 is 17.7 Å². The van der Waals surface area contributed by atoms with E-state index in [2.05, 4.69) is 0 Å². The lowest BCUT2D eigenvalue weighted by Gasteiger charge is -2.35. The summed E-state index contributed by atoms with van der Waals surface area (Å²) in [7, 11) is 1.88. The summed E-state index contributed by atoms with van der Waals surface area (Å²) in [6.45, 7) is 2.98. The minimum Gasteiger partial charge on any atom is -0.369 e. The number of piperidine rings is 1. The first kappa shape index (κ1) is 17.2. The molecule has 0 aliphatic carbocycles. The van der Waals surface area contributed by atoms with Crippen LogP contribution in [0.2, 0.25) is 0 Å². The zero-order chi connectivity index (χ0) is 17.3. The number of primary amides is 1. The Morgan fingerprint density at radius 3 is 2.50 bits per heavy atom. The number of nitrogens with two attached hydrogens (primary N) is 1. The number of nitrogens with zero attached hydrogens (tertiary/aromatic N) is 3. The van der Waals surface area contributed by atoms with Gasteiger partial charge in [-0.15, -0.1) is 0 Å². The summed E-state index contributed by atoms with van der Waals surface area (Å²) in [5.74, 6) is 0.0363. The summed E-state index contributed by atoms with van der Waals surface area (Å²) in [5, 5.41) is 0. The summed E-state index contributed by atoms with van der Waals surface area (Å²) in [6.07, 6.45) is 4.47. The lowest BCUT2D eigenvalue weighted by Crippen LogP contribution is -2.47. The van der Waals surface area contributed by atoms with E-state index in [0.717, 1.165) is 45.2 Å². The van der Waals surface area contributed by atoms with Crippen molar-refractivity contribution in [3.63, 3.8) is 0 Å². The van der Waals surface area contributed by atoms with Crippen LogP contribution in [0.15, 0.2) is 0 Å². The molecule has 2 atom stereocenters. The SMILES string of the molecule is CN1C(=O)[C@@H]2CCC[C@H]1CN(C(=O)C1CCN(CC(N)=O)CC1)C2. The standard InChI is InChI=1S/C17H28N4O3/c1-19-14-4-2-3-13(16(19)23)9-21(10-14)17(24)12-5-7-20(8-6-12)11-15(18)22/h12-14H,2-11H2,1H3,(H2,18,22)/t13-,14+/m1/s1. The molecule has 0 aromatic carbocycles. The predicted molar refractivity (Wildman–Crippen MR) is 88.8 cm³/mol. The van der Waals surface area contributed by atoms with E-state index in [4.69, 9.17) is 5.73 Å². The Morgan fingerprint density at radius 2 is 1.83 bits per heavy atom. The van der Waals surface area contributed by atoms with E-state index >= 15 is 0 Å². The highest BCUT2D eigenvalue weighted by molar-refractivity contribution is 5.83. The van der Waals surface area contributed by atoms with Crippen LogP contribution in [0.25, 0.3) is 0 Å². The highest BCUT2D eigenvalue weighted by atomic mass is 16.2. The first-order valence-corrected chi connectivity index (χ1v) is 9.02. The molecule has 134 valence electrons. The Labute approximate surface area is 143 Å². The van der Waals surface area contributed by atoms with Gasteiger partial charge < -0.3 is 15.5 Å². The van der Waals surface area contributed by atoms with Gasteiger partial charge in [0, 0.05) is 32.1 Å². The second-order valence-corrected chi connectivity index (χ2v) is 7.49. The highest BCUT2D eigenvalue weighted by Crippen LogP contribution is 2.29. The molecule has 2 N–H and O–H groups in total. The number of carbonyl (C=O) groups excluding carboxylic acids is 3. The molecular formula is C17H28N4O3.